The first-order valence-corrected chi connectivity index (χ1v) is 12.4. The number of thioether (sulfide) groups is 1. The van der Waals surface area contributed by atoms with Gasteiger partial charge in [-0.25, -0.2) is 0 Å². The highest BCUT2D eigenvalue weighted by Crippen LogP contribution is 2.36. The maximum atomic E-state index is 13.1. The molecular formula is C23H28N4O4S2. The molecule has 0 bridgehead atoms. The van der Waals surface area contributed by atoms with E-state index in [0.717, 1.165) is 6.42 Å². The summed E-state index contributed by atoms with van der Waals surface area (Å²) in [6.45, 7) is 9.39. The van der Waals surface area contributed by atoms with Crippen molar-refractivity contribution in [1.29, 1.82) is 5.26 Å². The second-order valence-electron chi connectivity index (χ2n) is 7.86. The van der Waals surface area contributed by atoms with Crippen LogP contribution in [0.15, 0.2) is 9.70 Å². The average molecular weight is 489 g/mol. The van der Waals surface area contributed by atoms with Gasteiger partial charge in [-0.05, 0) is 52.2 Å². The molecule has 1 aromatic heterocycles. The number of hydrogen-bond donors (Lipinski definition) is 0. The summed E-state index contributed by atoms with van der Waals surface area (Å²) in [7, 11) is 0. The monoisotopic (exact) mass is 488 g/mol. The number of rotatable bonds is 6. The lowest BCUT2D eigenvalue weighted by atomic mass is 9.96. The minimum Gasteiger partial charge on any atom is -0.466 e. The molecule has 2 aliphatic heterocycles. The molecule has 0 spiro atoms. The normalized spacial score (nSPS) is 19.8. The SMILES string of the molecule is CCOC(=O)C1CCCN(c2c(/C=C3\SC(=S)N(CC)C3=O)c(C)c(C#N)c(=O)n2CC)C1. The molecule has 176 valence electrons. The van der Waals surface area contributed by atoms with E-state index in [1.165, 1.54) is 16.7 Å². The molecule has 0 radical (unpaired) electrons. The van der Waals surface area contributed by atoms with Crippen molar-refractivity contribution in [2.45, 2.75) is 47.1 Å². The molecule has 0 aromatic carbocycles. The van der Waals surface area contributed by atoms with Crippen LogP contribution in [0.25, 0.3) is 6.08 Å². The van der Waals surface area contributed by atoms with Gasteiger partial charge in [0, 0.05) is 31.7 Å². The van der Waals surface area contributed by atoms with Gasteiger partial charge in [-0.1, -0.05) is 24.0 Å². The van der Waals surface area contributed by atoms with E-state index in [2.05, 4.69) is 0 Å². The van der Waals surface area contributed by atoms with Crippen molar-refractivity contribution in [3.05, 3.63) is 31.9 Å². The van der Waals surface area contributed by atoms with Crippen molar-refractivity contribution in [2.24, 2.45) is 5.92 Å². The summed E-state index contributed by atoms with van der Waals surface area (Å²) in [6.07, 6.45) is 3.21. The first kappa shape index (κ1) is 25.0. The summed E-state index contributed by atoms with van der Waals surface area (Å²) < 4.78 is 7.28. The fraction of sp³-hybridized carbons (Fsp3) is 0.522. The van der Waals surface area contributed by atoms with E-state index in [1.54, 1.807) is 24.5 Å². The second kappa shape index (κ2) is 10.5. The number of nitriles is 1. The summed E-state index contributed by atoms with van der Waals surface area (Å²) in [5, 5.41) is 9.69. The Kier molecular flexibility index (Phi) is 7.97. The summed E-state index contributed by atoms with van der Waals surface area (Å²) in [4.78, 5) is 42.4. The van der Waals surface area contributed by atoms with Crippen LogP contribution in [0.1, 0.15) is 50.3 Å². The van der Waals surface area contributed by atoms with Crippen LogP contribution in [-0.4, -0.2) is 51.9 Å². The number of carbonyl (C=O) groups excluding carboxylic acids is 2. The van der Waals surface area contributed by atoms with Crippen LogP contribution in [0.5, 0.6) is 0 Å². The topological polar surface area (TPSA) is 95.6 Å². The summed E-state index contributed by atoms with van der Waals surface area (Å²) in [6, 6.07) is 2.03. The molecule has 1 atom stereocenters. The van der Waals surface area contributed by atoms with Gasteiger partial charge >= 0.3 is 5.97 Å². The fourth-order valence-electron chi connectivity index (χ4n) is 4.30. The van der Waals surface area contributed by atoms with Gasteiger partial charge in [0.05, 0.1) is 17.4 Å². The quantitative estimate of drug-likeness (QED) is 0.343. The lowest BCUT2D eigenvalue weighted by Gasteiger charge is -2.36. The van der Waals surface area contributed by atoms with Crippen LogP contribution in [0.3, 0.4) is 0 Å². The molecule has 0 N–H and O–H groups in total. The lowest BCUT2D eigenvalue weighted by molar-refractivity contribution is -0.148. The number of likely N-dealkylation sites (N-methyl/N-ethyl adjacent to an activating group) is 1. The highest BCUT2D eigenvalue weighted by atomic mass is 32.2. The summed E-state index contributed by atoms with van der Waals surface area (Å²) in [5.41, 5.74) is 0.831. The maximum absolute atomic E-state index is 13.1. The third kappa shape index (κ3) is 4.70. The minimum absolute atomic E-state index is 0.0526. The van der Waals surface area contributed by atoms with Crippen LogP contribution in [0.2, 0.25) is 0 Å². The Balaban J connectivity index is 2.19. The molecule has 0 aliphatic carbocycles. The standard InChI is InChI=1S/C23H28N4O4S2/c1-5-26-19(25-10-8-9-15(13-25)22(30)31-7-3)16(14(4)17(12-24)20(26)28)11-18-21(29)27(6-2)23(32)33-18/h11,15H,5-10,13H2,1-4H3/b18-11-. The molecular weight excluding hydrogens is 460 g/mol. The smallest absolute Gasteiger partial charge is 0.310 e. The van der Waals surface area contributed by atoms with Crippen molar-refractivity contribution >= 4 is 52.1 Å². The number of ether oxygens (including phenoxy) is 1. The molecule has 1 unspecified atom stereocenters. The van der Waals surface area contributed by atoms with Crippen molar-refractivity contribution in [2.75, 3.05) is 31.1 Å². The number of thiocarbonyl (C=S) groups is 1. The molecule has 33 heavy (non-hydrogen) atoms. The van der Waals surface area contributed by atoms with Crippen LogP contribution in [0.4, 0.5) is 5.82 Å². The maximum Gasteiger partial charge on any atom is 0.310 e. The highest BCUT2D eigenvalue weighted by molar-refractivity contribution is 8.26. The zero-order chi connectivity index (χ0) is 24.3. The van der Waals surface area contributed by atoms with Gasteiger partial charge in [0.25, 0.3) is 11.5 Å². The molecule has 10 heteroatoms. The number of aromatic nitrogens is 1. The van der Waals surface area contributed by atoms with Crippen molar-refractivity contribution < 1.29 is 14.3 Å². The van der Waals surface area contributed by atoms with Gasteiger partial charge < -0.3 is 9.64 Å². The molecule has 2 aliphatic rings. The Hall–Kier alpha value is -2.64. The van der Waals surface area contributed by atoms with Gasteiger partial charge in [0.2, 0.25) is 0 Å². The number of piperidine rings is 1. The van der Waals surface area contributed by atoms with E-state index in [1.807, 2.05) is 24.8 Å². The zero-order valence-corrected chi connectivity index (χ0v) is 21.0. The van der Waals surface area contributed by atoms with E-state index in [9.17, 15) is 19.6 Å². The van der Waals surface area contributed by atoms with E-state index in [-0.39, 0.29) is 28.9 Å². The van der Waals surface area contributed by atoms with E-state index in [0.29, 0.717) is 65.4 Å². The minimum atomic E-state index is -0.371. The van der Waals surface area contributed by atoms with Crippen LogP contribution >= 0.6 is 24.0 Å². The highest BCUT2D eigenvalue weighted by Gasteiger charge is 2.34. The zero-order valence-electron chi connectivity index (χ0n) is 19.3. The Bertz CT molecular complexity index is 1120. The molecule has 8 nitrogen and oxygen atoms in total. The van der Waals surface area contributed by atoms with Gasteiger partial charge in [-0.2, -0.15) is 5.26 Å². The lowest BCUT2D eigenvalue weighted by Crippen LogP contribution is -2.43. The number of nitrogens with zero attached hydrogens (tertiary/aromatic N) is 4. The number of amides is 1. The van der Waals surface area contributed by atoms with Crippen molar-refractivity contribution in [3.63, 3.8) is 0 Å². The molecule has 1 amide bonds. The molecule has 2 saturated heterocycles. The van der Waals surface area contributed by atoms with E-state index >= 15 is 0 Å². The number of hydrogen-bond acceptors (Lipinski definition) is 8. The third-order valence-corrected chi connectivity index (χ3v) is 7.35. The first-order chi connectivity index (χ1) is 15.8. The summed E-state index contributed by atoms with van der Waals surface area (Å²) in [5.74, 6) is -0.118. The van der Waals surface area contributed by atoms with Crippen LogP contribution in [0, 0.1) is 24.2 Å². The van der Waals surface area contributed by atoms with Crippen LogP contribution < -0.4 is 10.5 Å². The number of anilines is 1. The average Bonchev–Trinajstić information content (AvgIpc) is 3.07. The van der Waals surface area contributed by atoms with Crippen molar-refractivity contribution in [1.82, 2.24) is 9.47 Å². The molecule has 1 aromatic rings. The van der Waals surface area contributed by atoms with E-state index < -0.39 is 0 Å². The second-order valence-corrected chi connectivity index (χ2v) is 9.54. The number of esters is 1. The molecule has 0 saturated carbocycles. The van der Waals surface area contributed by atoms with Crippen LogP contribution in [-0.2, 0) is 20.9 Å². The van der Waals surface area contributed by atoms with E-state index in [4.69, 9.17) is 17.0 Å². The predicted octanol–water partition coefficient (Wildman–Crippen LogP) is 3.05. The molecule has 2 fully saturated rings. The molecule has 3 rings (SSSR count). The largest absolute Gasteiger partial charge is 0.466 e. The van der Waals surface area contributed by atoms with Gasteiger partial charge in [0.15, 0.2) is 0 Å². The Morgan fingerprint density at radius 2 is 2.03 bits per heavy atom. The fourth-order valence-corrected chi connectivity index (χ4v) is 5.67. The Morgan fingerprint density at radius 1 is 1.30 bits per heavy atom. The van der Waals surface area contributed by atoms with Gasteiger partial charge in [-0.3, -0.25) is 23.9 Å². The summed E-state index contributed by atoms with van der Waals surface area (Å²) >= 11 is 6.56. The van der Waals surface area contributed by atoms with Crippen molar-refractivity contribution in [3.8, 4) is 6.07 Å². The number of carbonyl (C=O) groups is 2. The number of pyridine rings is 1. The predicted molar refractivity (Wildman–Crippen MR) is 133 cm³/mol. The Morgan fingerprint density at radius 3 is 2.61 bits per heavy atom. The first-order valence-electron chi connectivity index (χ1n) is 11.1. The third-order valence-electron chi connectivity index (χ3n) is 5.97. The van der Waals surface area contributed by atoms with Gasteiger partial charge in [0.1, 0.15) is 21.8 Å². The molecule has 3 heterocycles. The Labute approximate surface area is 203 Å². The van der Waals surface area contributed by atoms with Gasteiger partial charge in [-0.15, -0.1) is 0 Å².